The van der Waals surface area contributed by atoms with Crippen molar-refractivity contribution in [2.24, 2.45) is 0 Å². The minimum atomic E-state index is 0.472. The van der Waals surface area contributed by atoms with Crippen LogP contribution in [-0.2, 0) is 11.3 Å². The number of thioether (sulfide) groups is 1. The molecule has 0 spiro atoms. The fraction of sp³-hybridized carbons (Fsp3) is 0.562. The van der Waals surface area contributed by atoms with Crippen LogP contribution >= 0.6 is 11.8 Å². The first-order chi connectivity index (χ1) is 10.2. The molecule has 2 aromatic rings. The number of rotatable bonds is 5. The number of aromatic nitrogens is 2. The van der Waals surface area contributed by atoms with E-state index in [1.165, 1.54) is 10.7 Å². The molecule has 5 heteroatoms. The first-order valence-corrected chi connectivity index (χ1v) is 8.56. The lowest BCUT2D eigenvalue weighted by Crippen LogP contribution is -2.23. The average Bonchev–Trinajstić information content (AvgIpc) is 2.83. The standard InChI is InChI=1S/C16H23N3OS/c1-12(2)17-11-14-16(21-13-6-9-20-10-7-13)18-15-5-3-4-8-19(14)15/h3-5,8,12-13,17H,6-7,9-11H2,1-2H3. The van der Waals surface area contributed by atoms with Crippen LogP contribution in [0.3, 0.4) is 0 Å². The van der Waals surface area contributed by atoms with Crippen molar-refractivity contribution in [1.29, 1.82) is 0 Å². The predicted octanol–water partition coefficient (Wildman–Crippen LogP) is 3.10. The molecule has 0 atom stereocenters. The van der Waals surface area contributed by atoms with Crippen molar-refractivity contribution in [3.63, 3.8) is 0 Å². The second kappa shape index (κ2) is 6.81. The van der Waals surface area contributed by atoms with E-state index in [4.69, 9.17) is 9.72 Å². The zero-order chi connectivity index (χ0) is 14.7. The third-order valence-electron chi connectivity index (χ3n) is 3.72. The molecule has 114 valence electrons. The van der Waals surface area contributed by atoms with Crippen LogP contribution in [0.2, 0.25) is 0 Å². The van der Waals surface area contributed by atoms with Crippen LogP contribution in [0.4, 0.5) is 0 Å². The molecule has 0 unspecified atom stereocenters. The van der Waals surface area contributed by atoms with Gasteiger partial charge in [-0.3, -0.25) is 0 Å². The molecule has 3 rings (SSSR count). The van der Waals surface area contributed by atoms with Crippen molar-refractivity contribution in [2.45, 2.75) is 49.6 Å². The molecule has 0 saturated carbocycles. The molecule has 1 saturated heterocycles. The summed E-state index contributed by atoms with van der Waals surface area (Å²) in [6.45, 7) is 6.96. The number of nitrogens with zero attached hydrogens (tertiary/aromatic N) is 2. The molecule has 1 aliphatic rings. The van der Waals surface area contributed by atoms with Crippen molar-refractivity contribution >= 4 is 17.4 Å². The number of hydrogen-bond donors (Lipinski definition) is 1. The number of hydrogen-bond acceptors (Lipinski definition) is 4. The largest absolute Gasteiger partial charge is 0.381 e. The molecule has 0 aromatic carbocycles. The predicted molar refractivity (Wildman–Crippen MR) is 86.9 cm³/mol. The second-order valence-corrected chi connectivity index (χ2v) is 7.05. The fourth-order valence-corrected chi connectivity index (χ4v) is 3.73. The minimum Gasteiger partial charge on any atom is -0.381 e. The van der Waals surface area contributed by atoms with E-state index >= 15 is 0 Å². The number of nitrogens with one attached hydrogen (secondary N) is 1. The van der Waals surface area contributed by atoms with E-state index in [0.29, 0.717) is 11.3 Å². The summed E-state index contributed by atoms with van der Waals surface area (Å²) < 4.78 is 7.66. The molecule has 1 fully saturated rings. The molecule has 4 nitrogen and oxygen atoms in total. The maximum Gasteiger partial charge on any atom is 0.138 e. The van der Waals surface area contributed by atoms with Crippen LogP contribution in [0, 0.1) is 0 Å². The number of pyridine rings is 1. The molecule has 0 amide bonds. The van der Waals surface area contributed by atoms with E-state index in [2.05, 4.69) is 41.9 Å². The van der Waals surface area contributed by atoms with Crippen LogP contribution in [0.15, 0.2) is 29.4 Å². The van der Waals surface area contributed by atoms with E-state index in [0.717, 1.165) is 38.2 Å². The highest BCUT2D eigenvalue weighted by atomic mass is 32.2. The van der Waals surface area contributed by atoms with Gasteiger partial charge in [0.2, 0.25) is 0 Å². The lowest BCUT2D eigenvalue weighted by molar-refractivity contribution is 0.1000. The third kappa shape index (κ3) is 3.59. The Morgan fingerprint density at radius 2 is 2.19 bits per heavy atom. The van der Waals surface area contributed by atoms with Gasteiger partial charge in [0.25, 0.3) is 0 Å². The third-order valence-corrected chi connectivity index (χ3v) is 5.07. The van der Waals surface area contributed by atoms with Gasteiger partial charge in [-0.15, -0.1) is 11.8 Å². The lowest BCUT2D eigenvalue weighted by atomic mass is 10.2. The SMILES string of the molecule is CC(C)NCc1c(SC2CCOCC2)nc2ccccn12. The molecule has 21 heavy (non-hydrogen) atoms. The van der Waals surface area contributed by atoms with Gasteiger partial charge in [-0.25, -0.2) is 4.98 Å². The molecular formula is C16H23N3OS. The highest BCUT2D eigenvalue weighted by Gasteiger charge is 2.20. The van der Waals surface area contributed by atoms with Gasteiger partial charge in [0.15, 0.2) is 0 Å². The van der Waals surface area contributed by atoms with E-state index in [9.17, 15) is 0 Å². The Morgan fingerprint density at radius 3 is 2.95 bits per heavy atom. The minimum absolute atomic E-state index is 0.472. The summed E-state index contributed by atoms with van der Waals surface area (Å²) in [7, 11) is 0. The van der Waals surface area contributed by atoms with Crippen molar-refractivity contribution < 1.29 is 4.74 Å². The highest BCUT2D eigenvalue weighted by molar-refractivity contribution is 7.99. The van der Waals surface area contributed by atoms with E-state index in [-0.39, 0.29) is 0 Å². The fourth-order valence-electron chi connectivity index (χ4n) is 2.53. The first-order valence-electron chi connectivity index (χ1n) is 7.68. The Kier molecular flexibility index (Phi) is 4.83. The van der Waals surface area contributed by atoms with Crippen LogP contribution in [0.1, 0.15) is 32.4 Å². The molecular weight excluding hydrogens is 282 g/mol. The quantitative estimate of drug-likeness (QED) is 0.921. The first kappa shape index (κ1) is 14.9. The van der Waals surface area contributed by atoms with Crippen molar-refractivity contribution in [3.05, 3.63) is 30.1 Å². The lowest BCUT2D eigenvalue weighted by Gasteiger charge is -2.21. The monoisotopic (exact) mass is 305 g/mol. The second-order valence-electron chi connectivity index (χ2n) is 5.76. The molecule has 3 heterocycles. The number of imidazole rings is 1. The van der Waals surface area contributed by atoms with Gasteiger partial charge in [0, 0.05) is 37.2 Å². The maximum absolute atomic E-state index is 5.45. The number of fused-ring (bicyclic) bond motifs is 1. The molecule has 0 radical (unpaired) electrons. The Bertz CT molecular complexity index is 590. The summed E-state index contributed by atoms with van der Waals surface area (Å²) >= 11 is 1.92. The Morgan fingerprint density at radius 1 is 1.38 bits per heavy atom. The molecule has 0 bridgehead atoms. The van der Waals surface area contributed by atoms with Crippen LogP contribution in [0.25, 0.3) is 5.65 Å². The molecule has 1 N–H and O–H groups in total. The van der Waals surface area contributed by atoms with Crippen molar-refractivity contribution in [3.8, 4) is 0 Å². The molecule has 0 aliphatic carbocycles. The van der Waals surface area contributed by atoms with Crippen molar-refractivity contribution in [2.75, 3.05) is 13.2 Å². The van der Waals surface area contributed by atoms with Gasteiger partial charge >= 0.3 is 0 Å². The normalized spacial score (nSPS) is 16.9. The van der Waals surface area contributed by atoms with Gasteiger partial charge in [0.05, 0.1) is 5.69 Å². The van der Waals surface area contributed by atoms with Crippen LogP contribution < -0.4 is 5.32 Å². The summed E-state index contributed by atoms with van der Waals surface area (Å²) in [5.74, 6) is 0. The molecule has 1 aliphatic heterocycles. The number of ether oxygens (including phenoxy) is 1. The maximum atomic E-state index is 5.45. The molecule has 2 aromatic heterocycles. The smallest absolute Gasteiger partial charge is 0.138 e. The van der Waals surface area contributed by atoms with E-state index < -0.39 is 0 Å². The van der Waals surface area contributed by atoms with E-state index in [1.807, 2.05) is 17.8 Å². The van der Waals surface area contributed by atoms with Gasteiger partial charge in [-0.1, -0.05) is 19.9 Å². The average molecular weight is 305 g/mol. The summed E-state index contributed by atoms with van der Waals surface area (Å²) in [6, 6.07) is 6.66. The Hall–Kier alpha value is -1.04. The zero-order valence-corrected chi connectivity index (χ0v) is 13.5. The van der Waals surface area contributed by atoms with Gasteiger partial charge in [0.1, 0.15) is 10.7 Å². The van der Waals surface area contributed by atoms with Crippen molar-refractivity contribution in [1.82, 2.24) is 14.7 Å². The summed E-state index contributed by atoms with van der Waals surface area (Å²) in [4.78, 5) is 4.83. The summed E-state index contributed by atoms with van der Waals surface area (Å²) in [6.07, 6.45) is 4.35. The summed E-state index contributed by atoms with van der Waals surface area (Å²) in [5, 5.41) is 5.31. The topological polar surface area (TPSA) is 38.6 Å². The zero-order valence-electron chi connectivity index (χ0n) is 12.7. The van der Waals surface area contributed by atoms with Gasteiger partial charge in [-0.05, 0) is 25.0 Å². The van der Waals surface area contributed by atoms with Gasteiger partial charge in [-0.2, -0.15) is 0 Å². The highest BCUT2D eigenvalue weighted by Crippen LogP contribution is 2.32. The summed E-state index contributed by atoms with van der Waals surface area (Å²) in [5.41, 5.74) is 2.31. The van der Waals surface area contributed by atoms with Crippen LogP contribution in [0.5, 0.6) is 0 Å². The van der Waals surface area contributed by atoms with Gasteiger partial charge < -0.3 is 14.5 Å². The Labute approximate surface area is 130 Å². The van der Waals surface area contributed by atoms with Crippen LogP contribution in [-0.4, -0.2) is 33.9 Å². The van der Waals surface area contributed by atoms with E-state index in [1.54, 1.807) is 0 Å². The Balaban J connectivity index is 1.86.